The molecule has 3 aromatic carbocycles. The molecule has 5 nitrogen and oxygen atoms in total. The molecule has 5 heteroatoms. The Morgan fingerprint density at radius 1 is 0.900 bits per heavy atom. The van der Waals surface area contributed by atoms with Crippen molar-refractivity contribution < 1.29 is 4.79 Å². The van der Waals surface area contributed by atoms with Crippen molar-refractivity contribution in [3.8, 4) is 0 Å². The van der Waals surface area contributed by atoms with Crippen molar-refractivity contribution in [3.05, 3.63) is 114 Å². The summed E-state index contributed by atoms with van der Waals surface area (Å²) in [7, 11) is 0. The fraction of sp³-hybridized carbons (Fsp3) is 0.120. The number of hydrogen-bond acceptors (Lipinski definition) is 4. The average molecular weight is 394 g/mol. The molecule has 1 amide bonds. The number of hydrazone groups is 1. The van der Waals surface area contributed by atoms with Gasteiger partial charge in [-0.25, -0.2) is 5.43 Å². The summed E-state index contributed by atoms with van der Waals surface area (Å²) >= 11 is 0. The highest BCUT2D eigenvalue weighted by atomic mass is 16.2. The third kappa shape index (κ3) is 4.25. The largest absolute Gasteiger partial charge is 0.271 e. The van der Waals surface area contributed by atoms with E-state index in [2.05, 4.69) is 20.8 Å². The molecular formula is C25H22N4O. The molecular weight excluding hydrogens is 372 g/mol. The SMILES string of the molecule is O=C(N/N=C\C=C\c1ccccc1)C1CC(c2ccccc2)(c2ccccc2)N=N1. The Morgan fingerprint density at radius 2 is 1.47 bits per heavy atom. The van der Waals surface area contributed by atoms with Crippen molar-refractivity contribution in [2.45, 2.75) is 18.0 Å². The number of azo groups is 1. The fourth-order valence-corrected chi connectivity index (χ4v) is 3.56. The molecule has 0 saturated carbocycles. The zero-order valence-corrected chi connectivity index (χ0v) is 16.4. The molecule has 1 unspecified atom stereocenters. The second-order valence-electron chi connectivity index (χ2n) is 7.05. The van der Waals surface area contributed by atoms with E-state index in [4.69, 9.17) is 0 Å². The first-order valence-corrected chi connectivity index (χ1v) is 9.86. The van der Waals surface area contributed by atoms with Gasteiger partial charge in [0.2, 0.25) is 0 Å². The summed E-state index contributed by atoms with van der Waals surface area (Å²) in [4.78, 5) is 12.6. The standard InChI is InChI=1S/C25H22N4O/c30-24(28-26-18-10-13-20-11-4-1-5-12-20)23-19-25(29-27-23,21-14-6-2-7-15-21)22-16-8-3-9-17-22/h1-18,23H,19H2,(H,28,30)/b13-10+,26-18-. The lowest BCUT2D eigenvalue weighted by atomic mass is 9.80. The van der Waals surface area contributed by atoms with Gasteiger partial charge >= 0.3 is 0 Å². The Labute approximate surface area is 175 Å². The number of allylic oxidation sites excluding steroid dienone is 1. The van der Waals surface area contributed by atoms with Crippen LogP contribution in [0.5, 0.6) is 0 Å². The number of amides is 1. The van der Waals surface area contributed by atoms with Gasteiger partial charge in [0.05, 0.1) is 0 Å². The van der Waals surface area contributed by atoms with Gasteiger partial charge in [0.15, 0.2) is 6.04 Å². The van der Waals surface area contributed by atoms with Crippen LogP contribution in [-0.2, 0) is 10.3 Å². The van der Waals surface area contributed by atoms with Crippen LogP contribution in [0.4, 0.5) is 0 Å². The van der Waals surface area contributed by atoms with Crippen LogP contribution in [0.25, 0.3) is 6.08 Å². The van der Waals surface area contributed by atoms with Crippen molar-refractivity contribution in [3.63, 3.8) is 0 Å². The van der Waals surface area contributed by atoms with Gasteiger partial charge in [0.1, 0.15) is 5.54 Å². The smallest absolute Gasteiger partial charge is 0.266 e. The molecule has 1 heterocycles. The van der Waals surface area contributed by atoms with Crippen molar-refractivity contribution in [1.82, 2.24) is 5.43 Å². The van der Waals surface area contributed by atoms with E-state index in [1.807, 2.05) is 97.1 Å². The first kappa shape index (κ1) is 19.5. The number of rotatable bonds is 6. The third-order valence-corrected chi connectivity index (χ3v) is 5.09. The molecule has 1 N–H and O–H groups in total. The monoisotopic (exact) mass is 394 g/mol. The van der Waals surface area contributed by atoms with Crippen molar-refractivity contribution >= 4 is 18.2 Å². The Balaban J connectivity index is 1.45. The van der Waals surface area contributed by atoms with Gasteiger partial charge in [-0.2, -0.15) is 15.3 Å². The van der Waals surface area contributed by atoms with Crippen LogP contribution in [0.3, 0.4) is 0 Å². The molecule has 1 aliphatic heterocycles. The summed E-state index contributed by atoms with van der Waals surface area (Å²) in [5.41, 5.74) is 5.01. The second kappa shape index (κ2) is 9.09. The van der Waals surface area contributed by atoms with Crippen LogP contribution >= 0.6 is 0 Å². The molecule has 148 valence electrons. The summed E-state index contributed by atoms with van der Waals surface area (Å²) in [5.74, 6) is -0.267. The van der Waals surface area contributed by atoms with E-state index >= 15 is 0 Å². The van der Waals surface area contributed by atoms with Gasteiger partial charge in [-0.15, -0.1) is 0 Å². The van der Waals surface area contributed by atoms with E-state index in [0.29, 0.717) is 6.42 Å². The molecule has 1 atom stereocenters. The number of nitrogens with one attached hydrogen (secondary N) is 1. The predicted molar refractivity (Wildman–Crippen MR) is 119 cm³/mol. The zero-order chi connectivity index (χ0) is 20.7. The molecule has 3 aromatic rings. The molecule has 0 bridgehead atoms. The van der Waals surface area contributed by atoms with Crippen LogP contribution < -0.4 is 5.43 Å². The Hall–Kier alpha value is -3.86. The van der Waals surface area contributed by atoms with Gasteiger partial charge in [-0.1, -0.05) is 97.1 Å². The van der Waals surface area contributed by atoms with Crippen LogP contribution in [0.2, 0.25) is 0 Å². The maximum atomic E-state index is 12.6. The predicted octanol–water partition coefficient (Wildman–Crippen LogP) is 4.97. The van der Waals surface area contributed by atoms with E-state index in [1.54, 1.807) is 12.3 Å². The summed E-state index contributed by atoms with van der Waals surface area (Å²) in [6.07, 6.45) is 5.71. The molecule has 0 aromatic heterocycles. The molecule has 0 spiro atoms. The van der Waals surface area contributed by atoms with Crippen molar-refractivity contribution in [2.75, 3.05) is 0 Å². The molecule has 0 fully saturated rings. The minimum atomic E-state index is -0.665. The zero-order valence-electron chi connectivity index (χ0n) is 16.4. The lowest BCUT2D eigenvalue weighted by Crippen LogP contribution is -2.33. The first-order valence-electron chi connectivity index (χ1n) is 9.86. The quantitative estimate of drug-likeness (QED) is 0.465. The minimum Gasteiger partial charge on any atom is -0.271 e. The van der Waals surface area contributed by atoms with E-state index in [9.17, 15) is 4.79 Å². The number of nitrogens with zero attached hydrogens (tertiary/aromatic N) is 3. The third-order valence-electron chi connectivity index (χ3n) is 5.09. The lowest BCUT2D eigenvalue weighted by molar-refractivity contribution is -0.122. The molecule has 30 heavy (non-hydrogen) atoms. The minimum absolute atomic E-state index is 0.267. The van der Waals surface area contributed by atoms with Gasteiger partial charge in [0, 0.05) is 12.6 Å². The highest BCUT2D eigenvalue weighted by Crippen LogP contribution is 2.43. The van der Waals surface area contributed by atoms with Crippen molar-refractivity contribution in [2.24, 2.45) is 15.3 Å². The number of carbonyl (C=O) groups excluding carboxylic acids is 1. The topological polar surface area (TPSA) is 66.2 Å². The molecule has 0 aliphatic carbocycles. The van der Waals surface area contributed by atoms with Crippen LogP contribution in [0.15, 0.2) is 112 Å². The summed E-state index contributed by atoms with van der Waals surface area (Å²) in [5, 5.41) is 12.9. The van der Waals surface area contributed by atoms with Crippen LogP contribution in [0.1, 0.15) is 23.1 Å². The molecule has 1 aliphatic rings. The van der Waals surface area contributed by atoms with E-state index < -0.39 is 11.6 Å². The highest BCUT2D eigenvalue weighted by Gasteiger charge is 2.43. The molecule has 4 rings (SSSR count). The van der Waals surface area contributed by atoms with E-state index in [1.165, 1.54) is 0 Å². The summed E-state index contributed by atoms with van der Waals surface area (Å²) < 4.78 is 0. The molecule has 0 saturated heterocycles. The Kier molecular flexibility index (Phi) is 5.90. The van der Waals surface area contributed by atoms with Crippen molar-refractivity contribution in [1.29, 1.82) is 0 Å². The summed E-state index contributed by atoms with van der Waals surface area (Å²) in [6.45, 7) is 0. The van der Waals surface area contributed by atoms with Crippen LogP contribution in [-0.4, -0.2) is 18.2 Å². The fourth-order valence-electron chi connectivity index (χ4n) is 3.56. The second-order valence-corrected chi connectivity index (χ2v) is 7.05. The van der Waals surface area contributed by atoms with Gasteiger partial charge < -0.3 is 0 Å². The normalized spacial score (nSPS) is 17.5. The number of benzene rings is 3. The van der Waals surface area contributed by atoms with E-state index in [0.717, 1.165) is 16.7 Å². The van der Waals surface area contributed by atoms with Gasteiger partial charge in [0.25, 0.3) is 5.91 Å². The van der Waals surface area contributed by atoms with Gasteiger partial charge in [-0.05, 0) is 22.8 Å². The first-order chi connectivity index (χ1) is 14.8. The maximum absolute atomic E-state index is 12.6. The van der Waals surface area contributed by atoms with Crippen LogP contribution in [0, 0.1) is 0 Å². The van der Waals surface area contributed by atoms with Gasteiger partial charge in [-0.3, -0.25) is 4.79 Å². The average Bonchev–Trinajstić information content (AvgIpc) is 3.28. The summed E-state index contributed by atoms with van der Waals surface area (Å²) in [6, 6.07) is 29.3. The Bertz CT molecular complexity index is 1020. The highest BCUT2D eigenvalue weighted by molar-refractivity contribution is 5.84. The maximum Gasteiger partial charge on any atom is 0.266 e. The number of carbonyl (C=O) groups is 1. The van der Waals surface area contributed by atoms with E-state index in [-0.39, 0.29) is 5.91 Å². The lowest BCUT2D eigenvalue weighted by Gasteiger charge is -2.26. The number of hydrogen-bond donors (Lipinski definition) is 1. The molecule has 0 radical (unpaired) electrons. The Morgan fingerprint density at radius 3 is 2.07 bits per heavy atom.